The van der Waals surface area contributed by atoms with Gasteiger partial charge < -0.3 is 10.0 Å². The summed E-state index contributed by atoms with van der Waals surface area (Å²) in [4.78, 5) is 29.0. The van der Waals surface area contributed by atoms with E-state index in [1.165, 1.54) is 11.2 Å². The number of carbonyl (C=O) groups is 2. The summed E-state index contributed by atoms with van der Waals surface area (Å²) in [7, 11) is 1.56. The van der Waals surface area contributed by atoms with Crippen LogP contribution in [0.15, 0.2) is 24.5 Å². The first kappa shape index (κ1) is 12.9. The number of nitriles is 1. The Kier molecular flexibility index (Phi) is 2.73. The average Bonchev–Trinajstić information content (AvgIpc) is 2.85. The van der Waals surface area contributed by atoms with Crippen molar-refractivity contribution in [1.82, 2.24) is 14.5 Å². The van der Waals surface area contributed by atoms with Crippen LogP contribution in [0.25, 0.3) is 5.69 Å². The minimum absolute atomic E-state index is 0.0927. The molecule has 0 fully saturated rings. The molecule has 7 heteroatoms. The number of carboxylic acids is 1. The molecule has 0 saturated heterocycles. The smallest absolute Gasteiger partial charge is 0.356 e. The maximum absolute atomic E-state index is 12.5. The lowest BCUT2D eigenvalue weighted by molar-refractivity contribution is 0.0683. The molecule has 2 heterocycles. The zero-order valence-electron chi connectivity index (χ0n) is 11.1. The van der Waals surface area contributed by atoms with Crippen molar-refractivity contribution < 1.29 is 14.7 Å². The summed E-state index contributed by atoms with van der Waals surface area (Å²) in [5.74, 6) is -1.47. The molecule has 1 amide bonds. The number of carboxylic acid groups (broad SMARTS) is 1. The molecule has 3 rings (SSSR count). The fourth-order valence-electron chi connectivity index (χ4n) is 2.46. The van der Waals surface area contributed by atoms with Crippen LogP contribution in [0.4, 0.5) is 0 Å². The Labute approximate surface area is 119 Å². The molecule has 2 aromatic rings. The van der Waals surface area contributed by atoms with Gasteiger partial charge in [0.15, 0.2) is 5.69 Å². The highest BCUT2D eigenvalue weighted by atomic mass is 16.4. The molecule has 0 spiro atoms. The first-order valence-corrected chi connectivity index (χ1v) is 6.13. The molecule has 0 saturated carbocycles. The van der Waals surface area contributed by atoms with Crippen LogP contribution in [0.2, 0.25) is 0 Å². The fourth-order valence-corrected chi connectivity index (χ4v) is 2.46. The molecule has 1 aliphatic rings. The van der Waals surface area contributed by atoms with Crippen LogP contribution in [0.1, 0.15) is 32.1 Å². The second kappa shape index (κ2) is 4.45. The van der Waals surface area contributed by atoms with Crippen LogP contribution in [0, 0.1) is 11.3 Å². The van der Waals surface area contributed by atoms with Crippen molar-refractivity contribution in [2.24, 2.45) is 0 Å². The molecule has 0 radical (unpaired) electrons. The van der Waals surface area contributed by atoms with Gasteiger partial charge in [-0.15, -0.1) is 0 Å². The van der Waals surface area contributed by atoms with Gasteiger partial charge in [-0.2, -0.15) is 5.26 Å². The third kappa shape index (κ3) is 1.77. The summed E-state index contributed by atoms with van der Waals surface area (Å²) in [6.45, 7) is 0.111. The number of aromatic nitrogens is 2. The van der Waals surface area contributed by atoms with E-state index in [0.29, 0.717) is 11.4 Å². The minimum atomic E-state index is -1.15. The SMILES string of the molecule is CN1Cc2c(C(=O)O)ncn2-c2cccc(C#N)c2C1=O. The zero-order chi connectivity index (χ0) is 15.1. The molecule has 0 aliphatic carbocycles. The van der Waals surface area contributed by atoms with E-state index in [2.05, 4.69) is 4.98 Å². The summed E-state index contributed by atoms with van der Waals surface area (Å²) in [6.07, 6.45) is 1.37. The van der Waals surface area contributed by atoms with Crippen LogP contribution in [0.3, 0.4) is 0 Å². The number of rotatable bonds is 1. The lowest BCUT2D eigenvalue weighted by atomic mass is 10.1. The summed E-state index contributed by atoms with van der Waals surface area (Å²) >= 11 is 0. The predicted octanol–water partition coefficient (Wildman–Crippen LogP) is 1.03. The van der Waals surface area contributed by atoms with Crippen LogP contribution in [-0.2, 0) is 6.54 Å². The zero-order valence-corrected chi connectivity index (χ0v) is 11.1. The van der Waals surface area contributed by atoms with Crippen molar-refractivity contribution in [3.8, 4) is 11.8 Å². The van der Waals surface area contributed by atoms with Crippen LogP contribution in [0.5, 0.6) is 0 Å². The summed E-state index contributed by atoms with van der Waals surface area (Å²) in [6, 6.07) is 6.88. The van der Waals surface area contributed by atoms with E-state index >= 15 is 0 Å². The van der Waals surface area contributed by atoms with E-state index in [-0.39, 0.29) is 29.3 Å². The lowest BCUT2D eigenvalue weighted by Gasteiger charge is -2.14. The van der Waals surface area contributed by atoms with Crippen LogP contribution in [-0.4, -0.2) is 38.5 Å². The Morgan fingerprint density at radius 1 is 1.48 bits per heavy atom. The van der Waals surface area contributed by atoms with E-state index in [9.17, 15) is 20.0 Å². The van der Waals surface area contributed by atoms with E-state index in [0.717, 1.165) is 0 Å². The van der Waals surface area contributed by atoms with Crippen molar-refractivity contribution in [3.63, 3.8) is 0 Å². The fraction of sp³-hybridized carbons (Fsp3) is 0.143. The second-order valence-corrected chi connectivity index (χ2v) is 4.69. The van der Waals surface area contributed by atoms with Gasteiger partial charge in [0.1, 0.15) is 12.4 Å². The number of carbonyl (C=O) groups excluding carboxylic acids is 1. The molecule has 21 heavy (non-hydrogen) atoms. The number of nitrogens with zero attached hydrogens (tertiary/aromatic N) is 4. The van der Waals surface area contributed by atoms with Crippen molar-refractivity contribution in [3.05, 3.63) is 47.0 Å². The molecule has 1 aromatic heterocycles. The Morgan fingerprint density at radius 3 is 2.90 bits per heavy atom. The second-order valence-electron chi connectivity index (χ2n) is 4.69. The summed E-state index contributed by atoms with van der Waals surface area (Å²) in [5, 5.41) is 18.4. The van der Waals surface area contributed by atoms with Gasteiger partial charge in [-0.1, -0.05) is 6.07 Å². The number of imidazole rings is 1. The highest BCUT2D eigenvalue weighted by Gasteiger charge is 2.29. The topological polar surface area (TPSA) is 99.2 Å². The highest BCUT2D eigenvalue weighted by molar-refractivity contribution is 6.01. The van der Waals surface area contributed by atoms with E-state index in [1.807, 2.05) is 6.07 Å². The standard InChI is InChI=1S/C14H10N4O3/c1-17-6-10-12(14(20)21)16-7-18(10)9-4-2-3-8(5-15)11(9)13(17)19/h2-4,7H,6H2,1H3,(H,20,21). The number of amides is 1. The quantitative estimate of drug-likeness (QED) is 0.842. The highest BCUT2D eigenvalue weighted by Crippen LogP contribution is 2.27. The minimum Gasteiger partial charge on any atom is -0.476 e. The van der Waals surface area contributed by atoms with E-state index < -0.39 is 5.97 Å². The first-order chi connectivity index (χ1) is 10.0. The van der Waals surface area contributed by atoms with E-state index in [4.69, 9.17) is 0 Å². The molecule has 0 unspecified atom stereocenters. The molecular weight excluding hydrogens is 272 g/mol. The number of hydrogen-bond donors (Lipinski definition) is 1. The monoisotopic (exact) mass is 282 g/mol. The van der Waals surface area contributed by atoms with Crippen molar-refractivity contribution in [2.75, 3.05) is 7.05 Å². The summed E-state index contributed by atoms with van der Waals surface area (Å²) < 4.78 is 1.56. The maximum Gasteiger partial charge on any atom is 0.356 e. The Bertz CT molecular complexity index is 816. The average molecular weight is 282 g/mol. The first-order valence-electron chi connectivity index (χ1n) is 6.13. The van der Waals surface area contributed by atoms with Gasteiger partial charge in [-0.05, 0) is 12.1 Å². The maximum atomic E-state index is 12.5. The van der Waals surface area contributed by atoms with Gasteiger partial charge in [0.25, 0.3) is 5.91 Å². The third-order valence-electron chi connectivity index (χ3n) is 3.44. The van der Waals surface area contributed by atoms with Gasteiger partial charge in [0.2, 0.25) is 0 Å². The van der Waals surface area contributed by atoms with Crippen molar-refractivity contribution >= 4 is 11.9 Å². The Balaban J connectivity index is 2.37. The lowest BCUT2D eigenvalue weighted by Crippen LogP contribution is -2.26. The molecule has 1 N–H and O–H groups in total. The molecule has 0 atom stereocenters. The Hall–Kier alpha value is -3.14. The van der Waals surface area contributed by atoms with Crippen molar-refractivity contribution in [2.45, 2.75) is 6.54 Å². The van der Waals surface area contributed by atoms with Gasteiger partial charge >= 0.3 is 5.97 Å². The number of benzene rings is 1. The molecule has 1 aromatic carbocycles. The van der Waals surface area contributed by atoms with Crippen LogP contribution < -0.4 is 0 Å². The normalized spacial score (nSPS) is 13.1. The molecular formula is C14H10N4O3. The largest absolute Gasteiger partial charge is 0.476 e. The number of hydrogen-bond acceptors (Lipinski definition) is 4. The van der Waals surface area contributed by atoms with E-state index in [1.54, 1.807) is 29.8 Å². The van der Waals surface area contributed by atoms with Crippen molar-refractivity contribution in [1.29, 1.82) is 5.26 Å². The molecule has 7 nitrogen and oxygen atoms in total. The molecule has 0 bridgehead atoms. The predicted molar refractivity (Wildman–Crippen MR) is 71.0 cm³/mol. The summed E-state index contributed by atoms with van der Waals surface area (Å²) in [5.41, 5.74) is 1.30. The van der Waals surface area contributed by atoms with Gasteiger partial charge in [-0.3, -0.25) is 9.36 Å². The third-order valence-corrected chi connectivity index (χ3v) is 3.44. The molecule has 1 aliphatic heterocycles. The van der Waals surface area contributed by atoms with Gasteiger partial charge in [0.05, 0.1) is 29.1 Å². The molecule has 104 valence electrons. The number of fused-ring (bicyclic) bond motifs is 3. The number of aromatic carboxylic acids is 1. The van der Waals surface area contributed by atoms with Crippen LogP contribution >= 0.6 is 0 Å². The Morgan fingerprint density at radius 2 is 2.24 bits per heavy atom. The van der Waals surface area contributed by atoms with Gasteiger partial charge in [0, 0.05) is 7.05 Å². The van der Waals surface area contributed by atoms with Gasteiger partial charge in [-0.25, -0.2) is 9.78 Å².